The van der Waals surface area contributed by atoms with E-state index >= 15 is 0 Å². The molecule has 0 unspecified atom stereocenters. The summed E-state index contributed by atoms with van der Waals surface area (Å²) in [5.41, 5.74) is 3.63. The van der Waals surface area contributed by atoms with Crippen LogP contribution in [0.2, 0.25) is 0 Å². The van der Waals surface area contributed by atoms with E-state index in [9.17, 15) is 0 Å². The van der Waals surface area contributed by atoms with Gasteiger partial charge in [0.2, 0.25) is 0 Å². The average Bonchev–Trinajstić information content (AvgIpc) is 2.20. The monoisotopic (exact) mass is 204 g/mol. The quantitative estimate of drug-likeness (QED) is 0.815. The lowest BCUT2D eigenvalue weighted by Gasteiger charge is -2.10. The van der Waals surface area contributed by atoms with Gasteiger partial charge in [0.25, 0.3) is 0 Å². The van der Waals surface area contributed by atoms with E-state index in [-0.39, 0.29) is 0 Å². The maximum Gasteiger partial charge on any atom is 0.0629 e. The number of nitrogens with one attached hydrogen (secondary N) is 1. The Morgan fingerprint density at radius 2 is 2.20 bits per heavy atom. The van der Waals surface area contributed by atoms with E-state index in [2.05, 4.69) is 49.3 Å². The normalized spacial score (nSPS) is 12.2. The van der Waals surface area contributed by atoms with Gasteiger partial charge < -0.3 is 5.32 Å². The van der Waals surface area contributed by atoms with E-state index < -0.39 is 0 Å². The Morgan fingerprint density at radius 3 is 2.67 bits per heavy atom. The molecule has 0 amide bonds. The van der Waals surface area contributed by atoms with Gasteiger partial charge in [0, 0.05) is 12.7 Å². The smallest absolute Gasteiger partial charge is 0.0629 e. The van der Waals surface area contributed by atoms with Crippen LogP contribution in [0, 0.1) is 12.8 Å². The fraction of sp³-hybridized carbons (Fsp3) is 0.462. The van der Waals surface area contributed by atoms with Gasteiger partial charge in [-0.05, 0) is 37.6 Å². The summed E-state index contributed by atoms with van der Waals surface area (Å²) >= 11 is 0. The first kappa shape index (κ1) is 11.9. The summed E-state index contributed by atoms with van der Waals surface area (Å²) in [4.78, 5) is 4.38. The summed E-state index contributed by atoms with van der Waals surface area (Å²) < 4.78 is 0. The van der Waals surface area contributed by atoms with E-state index in [1.807, 2.05) is 13.2 Å². The number of rotatable bonds is 4. The van der Waals surface area contributed by atoms with Gasteiger partial charge in [-0.1, -0.05) is 25.5 Å². The van der Waals surface area contributed by atoms with E-state index in [0.717, 1.165) is 12.2 Å². The fourth-order valence-electron chi connectivity index (χ4n) is 1.38. The topological polar surface area (TPSA) is 24.9 Å². The Balaban J connectivity index is 2.86. The molecule has 15 heavy (non-hydrogen) atoms. The van der Waals surface area contributed by atoms with Crippen LogP contribution in [-0.4, -0.2) is 18.6 Å². The van der Waals surface area contributed by atoms with Gasteiger partial charge in [-0.25, -0.2) is 0 Å². The minimum Gasteiger partial charge on any atom is -0.316 e. The lowest BCUT2D eigenvalue weighted by Crippen LogP contribution is -2.13. The molecule has 1 heterocycles. The van der Waals surface area contributed by atoms with Crippen molar-refractivity contribution >= 4 is 6.08 Å². The number of nitrogens with zero attached hydrogens (tertiary/aromatic N) is 1. The van der Waals surface area contributed by atoms with Gasteiger partial charge in [0.05, 0.1) is 5.69 Å². The van der Waals surface area contributed by atoms with Gasteiger partial charge in [0.15, 0.2) is 0 Å². The average molecular weight is 204 g/mol. The van der Waals surface area contributed by atoms with Gasteiger partial charge in [0.1, 0.15) is 0 Å². The highest BCUT2D eigenvalue weighted by Crippen LogP contribution is 2.12. The third-order valence-corrected chi connectivity index (χ3v) is 2.39. The molecule has 0 saturated heterocycles. The Morgan fingerprint density at radius 1 is 1.47 bits per heavy atom. The highest BCUT2D eigenvalue weighted by molar-refractivity contribution is 5.50. The fourth-order valence-corrected chi connectivity index (χ4v) is 1.38. The zero-order valence-electron chi connectivity index (χ0n) is 10.0. The maximum absolute atomic E-state index is 4.38. The summed E-state index contributed by atoms with van der Waals surface area (Å²) in [6.07, 6.45) is 4.07. The molecule has 0 aromatic carbocycles. The van der Waals surface area contributed by atoms with E-state index in [1.165, 1.54) is 11.1 Å². The van der Waals surface area contributed by atoms with Crippen molar-refractivity contribution in [2.45, 2.75) is 20.8 Å². The first-order valence-electron chi connectivity index (χ1n) is 5.41. The van der Waals surface area contributed by atoms with E-state index in [0.29, 0.717) is 5.92 Å². The second kappa shape index (κ2) is 5.66. The minimum absolute atomic E-state index is 0.556. The van der Waals surface area contributed by atoms with Crippen LogP contribution < -0.4 is 5.32 Å². The molecule has 1 aromatic rings. The molecule has 0 aliphatic heterocycles. The molecule has 0 aliphatic carbocycles. The minimum atomic E-state index is 0.556. The summed E-state index contributed by atoms with van der Waals surface area (Å²) in [7, 11) is 1.97. The second-order valence-corrected chi connectivity index (χ2v) is 4.16. The van der Waals surface area contributed by atoms with Gasteiger partial charge in [-0.15, -0.1) is 0 Å². The lowest BCUT2D eigenvalue weighted by atomic mass is 10.0. The molecular formula is C13H20N2. The van der Waals surface area contributed by atoms with Crippen LogP contribution >= 0.6 is 0 Å². The largest absolute Gasteiger partial charge is 0.316 e. The molecule has 0 saturated carbocycles. The molecule has 2 nitrogen and oxygen atoms in total. The van der Waals surface area contributed by atoms with Gasteiger partial charge >= 0.3 is 0 Å². The van der Waals surface area contributed by atoms with Crippen LogP contribution in [0.5, 0.6) is 0 Å². The van der Waals surface area contributed by atoms with Crippen molar-refractivity contribution in [1.82, 2.24) is 10.3 Å². The molecule has 0 fully saturated rings. The lowest BCUT2D eigenvalue weighted by molar-refractivity contribution is 0.712. The van der Waals surface area contributed by atoms with Crippen molar-refractivity contribution in [2.75, 3.05) is 13.6 Å². The standard InChI is InChI=1S/C13H20N2/c1-10(2)12(9-14-4)7-13-6-5-11(3)8-15-13/h5-8,10,14H,9H2,1-4H3/b12-7-. The summed E-state index contributed by atoms with van der Waals surface area (Å²) in [6, 6.07) is 4.16. The number of pyridine rings is 1. The third kappa shape index (κ3) is 3.84. The Hall–Kier alpha value is -1.15. The van der Waals surface area contributed by atoms with Crippen LogP contribution in [0.4, 0.5) is 0 Å². The molecule has 0 atom stereocenters. The molecule has 0 spiro atoms. The van der Waals surface area contributed by atoms with E-state index in [4.69, 9.17) is 0 Å². The number of likely N-dealkylation sites (N-methyl/N-ethyl adjacent to an activating group) is 1. The van der Waals surface area contributed by atoms with Gasteiger partial charge in [-0.2, -0.15) is 0 Å². The highest BCUT2D eigenvalue weighted by atomic mass is 14.8. The molecule has 82 valence electrons. The zero-order valence-corrected chi connectivity index (χ0v) is 10.0. The van der Waals surface area contributed by atoms with E-state index in [1.54, 1.807) is 0 Å². The molecule has 1 N–H and O–H groups in total. The van der Waals surface area contributed by atoms with Gasteiger partial charge in [-0.3, -0.25) is 4.98 Å². The number of aromatic nitrogens is 1. The molecule has 1 aromatic heterocycles. The van der Waals surface area contributed by atoms with Crippen LogP contribution in [0.3, 0.4) is 0 Å². The van der Waals surface area contributed by atoms with Crippen molar-refractivity contribution in [3.63, 3.8) is 0 Å². The molecule has 1 rings (SSSR count). The SMILES string of the molecule is CNC/C(=C/c1ccc(C)cn1)C(C)C. The maximum atomic E-state index is 4.38. The van der Waals surface area contributed by atoms with Crippen molar-refractivity contribution in [3.8, 4) is 0 Å². The summed E-state index contributed by atoms with van der Waals surface area (Å²) in [5, 5.41) is 3.18. The summed E-state index contributed by atoms with van der Waals surface area (Å²) in [6.45, 7) is 7.39. The Labute approximate surface area is 92.4 Å². The van der Waals surface area contributed by atoms with Crippen molar-refractivity contribution < 1.29 is 0 Å². The van der Waals surface area contributed by atoms with Crippen LogP contribution in [-0.2, 0) is 0 Å². The Bertz CT molecular complexity index is 323. The molecular weight excluding hydrogens is 184 g/mol. The first-order chi connectivity index (χ1) is 7.13. The third-order valence-electron chi connectivity index (χ3n) is 2.39. The van der Waals surface area contributed by atoms with Crippen molar-refractivity contribution in [3.05, 3.63) is 35.2 Å². The zero-order chi connectivity index (χ0) is 11.3. The second-order valence-electron chi connectivity index (χ2n) is 4.16. The predicted octanol–water partition coefficient (Wildman–Crippen LogP) is 2.65. The Kier molecular flexibility index (Phi) is 4.50. The predicted molar refractivity (Wildman–Crippen MR) is 65.7 cm³/mol. The highest BCUT2D eigenvalue weighted by Gasteiger charge is 2.02. The first-order valence-corrected chi connectivity index (χ1v) is 5.41. The molecule has 0 aliphatic rings. The number of hydrogen-bond donors (Lipinski definition) is 1. The molecule has 2 heteroatoms. The van der Waals surface area contributed by atoms with Crippen LogP contribution in [0.25, 0.3) is 6.08 Å². The van der Waals surface area contributed by atoms with Crippen molar-refractivity contribution in [2.24, 2.45) is 5.92 Å². The van der Waals surface area contributed by atoms with Crippen molar-refractivity contribution in [1.29, 1.82) is 0 Å². The van der Waals surface area contributed by atoms with Crippen LogP contribution in [0.15, 0.2) is 23.9 Å². The molecule has 0 radical (unpaired) electrons. The summed E-state index contributed by atoms with van der Waals surface area (Å²) in [5.74, 6) is 0.556. The number of aryl methyl sites for hydroxylation is 1. The molecule has 0 bridgehead atoms. The van der Waals surface area contributed by atoms with Crippen LogP contribution in [0.1, 0.15) is 25.1 Å². The number of hydrogen-bond acceptors (Lipinski definition) is 2.